The maximum atomic E-state index is 13.3. The number of rotatable bonds is 6. The van der Waals surface area contributed by atoms with Crippen LogP contribution in [0.2, 0.25) is 0 Å². The van der Waals surface area contributed by atoms with Crippen LogP contribution in [0, 0.1) is 19.7 Å². The Balaban J connectivity index is 1.60. The van der Waals surface area contributed by atoms with Crippen molar-refractivity contribution in [2.24, 2.45) is 4.99 Å². The minimum Gasteiger partial charge on any atom is -0.444 e. The Bertz CT molecular complexity index is 892. The summed E-state index contributed by atoms with van der Waals surface area (Å²) in [6, 6.07) is 4.81. The molecule has 3 aromatic rings. The van der Waals surface area contributed by atoms with Gasteiger partial charge in [0.1, 0.15) is 18.1 Å². The third-order valence-corrected chi connectivity index (χ3v) is 4.21. The fourth-order valence-corrected chi connectivity index (χ4v) is 2.78. The third kappa shape index (κ3) is 4.22. The summed E-state index contributed by atoms with van der Waals surface area (Å²) in [4.78, 5) is 12.0. The van der Waals surface area contributed by atoms with Gasteiger partial charge >= 0.3 is 0 Å². The molecule has 0 aliphatic heterocycles. The number of nitrogens with one attached hydrogen (secondary N) is 3. The largest absolute Gasteiger partial charge is 0.444 e. The van der Waals surface area contributed by atoms with Gasteiger partial charge in [-0.25, -0.2) is 14.4 Å². The van der Waals surface area contributed by atoms with Crippen molar-refractivity contribution in [3.05, 3.63) is 53.1 Å². The summed E-state index contributed by atoms with van der Waals surface area (Å²) in [5.74, 6) is 1.91. The van der Waals surface area contributed by atoms with E-state index in [9.17, 15) is 4.39 Å². The van der Waals surface area contributed by atoms with Gasteiger partial charge in [-0.2, -0.15) is 0 Å². The van der Waals surface area contributed by atoms with Gasteiger partial charge in [0.25, 0.3) is 0 Å². The molecule has 0 aliphatic carbocycles. The lowest BCUT2D eigenvalue weighted by molar-refractivity contribution is 0.473. The second-order valence-electron chi connectivity index (χ2n) is 6.12. The molecule has 0 radical (unpaired) electrons. The van der Waals surface area contributed by atoms with E-state index in [4.69, 9.17) is 4.42 Å². The lowest BCUT2D eigenvalue weighted by atomic mass is 10.1. The number of hydrogen-bond acceptors (Lipinski definition) is 3. The summed E-state index contributed by atoms with van der Waals surface area (Å²) in [5.41, 5.74) is 2.85. The molecule has 7 heteroatoms. The van der Waals surface area contributed by atoms with E-state index >= 15 is 0 Å². The van der Waals surface area contributed by atoms with E-state index in [-0.39, 0.29) is 5.82 Å². The van der Waals surface area contributed by atoms with Crippen molar-refractivity contribution < 1.29 is 8.81 Å². The van der Waals surface area contributed by atoms with Crippen molar-refractivity contribution in [3.63, 3.8) is 0 Å². The summed E-state index contributed by atoms with van der Waals surface area (Å²) in [6.07, 6.45) is 2.72. The molecule has 0 saturated heterocycles. The topological polar surface area (TPSA) is 78.2 Å². The van der Waals surface area contributed by atoms with Crippen LogP contribution in [0.15, 0.2) is 33.8 Å². The molecule has 2 heterocycles. The van der Waals surface area contributed by atoms with E-state index in [0.29, 0.717) is 24.9 Å². The summed E-state index contributed by atoms with van der Waals surface area (Å²) < 4.78 is 18.8. The third-order valence-electron chi connectivity index (χ3n) is 4.21. The first-order valence-corrected chi connectivity index (χ1v) is 8.77. The van der Waals surface area contributed by atoms with Crippen LogP contribution in [0.25, 0.3) is 10.9 Å². The van der Waals surface area contributed by atoms with Gasteiger partial charge in [-0.3, -0.25) is 0 Å². The Morgan fingerprint density at radius 1 is 1.31 bits per heavy atom. The summed E-state index contributed by atoms with van der Waals surface area (Å²) in [7, 11) is 0. The van der Waals surface area contributed by atoms with Gasteiger partial charge in [0.05, 0.1) is 5.69 Å². The smallest absolute Gasteiger partial charge is 0.216 e. The molecule has 2 aromatic heterocycles. The van der Waals surface area contributed by atoms with E-state index in [1.54, 1.807) is 0 Å². The number of aromatic amines is 1. The van der Waals surface area contributed by atoms with Crippen molar-refractivity contribution >= 4 is 16.9 Å². The van der Waals surface area contributed by atoms with Crippen molar-refractivity contribution in [1.29, 1.82) is 0 Å². The van der Waals surface area contributed by atoms with Crippen LogP contribution in [0.4, 0.5) is 4.39 Å². The number of H-pyrrole nitrogens is 1. The maximum Gasteiger partial charge on any atom is 0.216 e. The zero-order chi connectivity index (χ0) is 18.5. The predicted molar refractivity (Wildman–Crippen MR) is 101 cm³/mol. The summed E-state index contributed by atoms with van der Waals surface area (Å²) >= 11 is 0. The Hall–Kier alpha value is -2.83. The zero-order valence-electron chi connectivity index (χ0n) is 15.3. The van der Waals surface area contributed by atoms with E-state index in [1.165, 1.54) is 12.1 Å². The molecule has 0 bridgehead atoms. The minimum atomic E-state index is -0.234. The number of guanidine groups is 1. The van der Waals surface area contributed by atoms with Crippen molar-refractivity contribution in [2.75, 3.05) is 13.1 Å². The average molecular weight is 357 g/mol. The number of hydrogen-bond donors (Lipinski definition) is 3. The molecule has 6 nitrogen and oxygen atoms in total. The number of oxazole rings is 1. The molecule has 0 fully saturated rings. The fraction of sp³-hybridized carbons (Fsp3) is 0.368. The van der Waals surface area contributed by atoms with Crippen LogP contribution >= 0.6 is 0 Å². The summed E-state index contributed by atoms with van der Waals surface area (Å²) in [5, 5.41) is 7.56. The molecule has 26 heavy (non-hydrogen) atoms. The molecular weight excluding hydrogens is 333 g/mol. The highest BCUT2D eigenvalue weighted by Gasteiger charge is 2.07. The van der Waals surface area contributed by atoms with Crippen molar-refractivity contribution in [1.82, 2.24) is 20.6 Å². The normalized spacial score (nSPS) is 11.9. The number of benzene rings is 1. The standard InChI is InChI=1S/C19H24FN5O/c1-4-21-19(24-11-18-25-12(2)13(3)26-18)22-8-7-14-10-23-17-9-15(20)5-6-16(14)17/h5-6,9-10,23H,4,7-8,11H2,1-3H3,(H2,21,22,24). The van der Waals surface area contributed by atoms with E-state index in [1.807, 2.05) is 33.0 Å². The second kappa shape index (κ2) is 8.03. The minimum absolute atomic E-state index is 0.234. The quantitative estimate of drug-likeness (QED) is 0.468. The van der Waals surface area contributed by atoms with Gasteiger partial charge in [-0.05, 0) is 51.0 Å². The number of aliphatic imine (C=N–C) groups is 1. The second-order valence-corrected chi connectivity index (χ2v) is 6.12. The summed E-state index contributed by atoms with van der Waals surface area (Å²) in [6.45, 7) is 7.69. The first-order chi connectivity index (χ1) is 12.6. The molecule has 3 N–H and O–H groups in total. The molecule has 0 unspecified atom stereocenters. The van der Waals surface area contributed by atoms with Crippen LogP contribution in [0.3, 0.4) is 0 Å². The van der Waals surface area contributed by atoms with Gasteiger partial charge < -0.3 is 20.0 Å². The van der Waals surface area contributed by atoms with Crippen molar-refractivity contribution in [3.8, 4) is 0 Å². The van der Waals surface area contributed by atoms with Gasteiger partial charge in [0.15, 0.2) is 5.96 Å². The van der Waals surface area contributed by atoms with Gasteiger partial charge in [0, 0.05) is 30.2 Å². The van der Waals surface area contributed by atoms with Crippen LogP contribution in [-0.2, 0) is 13.0 Å². The van der Waals surface area contributed by atoms with Gasteiger partial charge in [-0.1, -0.05) is 0 Å². The highest BCUT2D eigenvalue weighted by molar-refractivity contribution is 5.83. The Labute approximate surface area is 151 Å². The molecule has 0 spiro atoms. The first-order valence-electron chi connectivity index (χ1n) is 8.77. The number of fused-ring (bicyclic) bond motifs is 1. The molecule has 3 rings (SSSR count). The molecule has 138 valence electrons. The number of nitrogens with zero attached hydrogens (tertiary/aromatic N) is 2. The lowest BCUT2D eigenvalue weighted by Crippen LogP contribution is -2.38. The van der Waals surface area contributed by atoms with Gasteiger partial charge in [-0.15, -0.1) is 0 Å². The van der Waals surface area contributed by atoms with Gasteiger partial charge in [0.2, 0.25) is 5.89 Å². The van der Waals surface area contributed by atoms with Crippen LogP contribution in [0.5, 0.6) is 0 Å². The average Bonchev–Trinajstić information content (AvgIpc) is 3.15. The monoisotopic (exact) mass is 357 g/mol. The fourth-order valence-electron chi connectivity index (χ4n) is 2.78. The van der Waals surface area contributed by atoms with E-state index < -0.39 is 0 Å². The predicted octanol–water partition coefficient (Wildman–Crippen LogP) is 3.21. The lowest BCUT2D eigenvalue weighted by Gasteiger charge is -2.10. The highest BCUT2D eigenvalue weighted by Crippen LogP contribution is 2.19. The number of aryl methyl sites for hydroxylation is 2. The molecular formula is C19H24FN5O. The van der Waals surface area contributed by atoms with Crippen LogP contribution < -0.4 is 10.6 Å². The highest BCUT2D eigenvalue weighted by atomic mass is 19.1. The molecule has 0 amide bonds. The molecule has 0 atom stereocenters. The maximum absolute atomic E-state index is 13.3. The molecule has 1 aromatic carbocycles. The Kier molecular flexibility index (Phi) is 5.55. The molecule has 0 saturated carbocycles. The van der Waals surface area contributed by atoms with E-state index in [0.717, 1.165) is 40.9 Å². The first kappa shape index (κ1) is 18.0. The van der Waals surface area contributed by atoms with Crippen LogP contribution in [0.1, 0.15) is 29.8 Å². The molecule has 0 aliphatic rings. The van der Waals surface area contributed by atoms with E-state index in [2.05, 4.69) is 25.6 Å². The number of halogens is 1. The Morgan fingerprint density at radius 3 is 2.88 bits per heavy atom. The number of aromatic nitrogens is 2. The Morgan fingerprint density at radius 2 is 2.15 bits per heavy atom. The van der Waals surface area contributed by atoms with Crippen LogP contribution in [-0.4, -0.2) is 29.0 Å². The van der Waals surface area contributed by atoms with Crippen molar-refractivity contribution in [2.45, 2.75) is 33.7 Å². The SMILES string of the molecule is CCNC(=NCc1nc(C)c(C)o1)NCCc1c[nH]c2cc(F)ccc12. The zero-order valence-corrected chi connectivity index (χ0v) is 15.3.